The molecule has 0 aliphatic rings. The van der Waals surface area contributed by atoms with Crippen LogP contribution < -0.4 is 0 Å². The number of thiophene rings is 1. The Hall–Kier alpha value is -2.59. The Balaban J connectivity index is 0.00000140. The van der Waals surface area contributed by atoms with Gasteiger partial charge in [0.05, 0.1) is 5.92 Å². The molecule has 0 aliphatic heterocycles. The molecular weight excluding hydrogens is 340 g/mol. The third-order valence-corrected chi connectivity index (χ3v) is 6.19. The molecule has 0 saturated carbocycles. The molecule has 3 heterocycles. The van der Waals surface area contributed by atoms with Crippen molar-refractivity contribution in [3.05, 3.63) is 81.2 Å². The van der Waals surface area contributed by atoms with Gasteiger partial charge in [0, 0.05) is 40.8 Å². The Morgan fingerprint density at radius 3 is 2.46 bits per heavy atom. The monoisotopic (exact) mass is 366 g/mol. The van der Waals surface area contributed by atoms with E-state index in [1.54, 1.807) is 6.92 Å². The van der Waals surface area contributed by atoms with Gasteiger partial charge in [0.25, 0.3) is 0 Å². The number of rotatable bonds is 4. The first-order valence-corrected chi connectivity index (χ1v) is 9.61. The number of nitrogens with one attached hydrogen (secondary N) is 2. The first-order chi connectivity index (χ1) is 12.5. The van der Waals surface area contributed by atoms with Crippen molar-refractivity contribution in [1.82, 2.24) is 9.97 Å². The summed E-state index contributed by atoms with van der Waals surface area (Å²) in [5, 5.41) is 1.26. The zero-order valence-electron chi connectivity index (χ0n) is 15.4. The van der Waals surface area contributed by atoms with Crippen LogP contribution in [0.25, 0.3) is 10.1 Å². The lowest BCUT2D eigenvalue weighted by atomic mass is 9.94. The molecule has 0 radical (unpaired) electrons. The van der Waals surface area contributed by atoms with E-state index in [0.29, 0.717) is 0 Å². The lowest BCUT2D eigenvalue weighted by molar-refractivity contribution is 0.101. The van der Waals surface area contributed by atoms with Crippen molar-refractivity contribution in [1.29, 1.82) is 0 Å². The summed E-state index contributed by atoms with van der Waals surface area (Å²) in [6, 6.07) is 15.0. The topological polar surface area (TPSA) is 48.6 Å². The molecule has 3 aromatic heterocycles. The van der Waals surface area contributed by atoms with Crippen LogP contribution in [0.2, 0.25) is 0 Å². The number of fused-ring (bicyclic) bond motifs is 1. The van der Waals surface area contributed by atoms with Gasteiger partial charge >= 0.3 is 0 Å². The molecule has 1 unspecified atom stereocenters. The lowest BCUT2D eigenvalue weighted by Crippen LogP contribution is -2.05. The van der Waals surface area contributed by atoms with E-state index >= 15 is 0 Å². The fraction of sp³-hybridized carbons (Fsp3) is 0.227. The van der Waals surface area contributed by atoms with Gasteiger partial charge in [-0.05, 0) is 62.9 Å². The van der Waals surface area contributed by atoms with E-state index in [9.17, 15) is 4.79 Å². The summed E-state index contributed by atoms with van der Waals surface area (Å²) in [5.41, 5.74) is 6.19. The van der Waals surface area contributed by atoms with Gasteiger partial charge in [-0.3, -0.25) is 4.79 Å². The largest absolute Gasteiger partial charge is 0.362 e. The van der Waals surface area contributed by atoms with Crippen molar-refractivity contribution in [2.45, 2.75) is 33.6 Å². The van der Waals surface area contributed by atoms with Crippen molar-refractivity contribution in [3.8, 4) is 0 Å². The van der Waals surface area contributed by atoms with E-state index in [-0.39, 0.29) is 14.6 Å². The summed E-state index contributed by atoms with van der Waals surface area (Å²) in [6.07, 6.45) is 0. The van der Waals surface area contributed by atoms with Gasteiger partial charge in [0.15, 0.2) is 5.78 Å². The number of carbonyl (C=O) groups is 1. The van der Waals surface area contributed by atoms with Crippen LogP contribution in [-0.2, 0) is 0 Å². The summed E-state index contributed by atoms with van der Waals surface area (Å²) in [7, 11) is 0. The molecule has 1 atom stereocenters. The van der Waals surface area contributed by atoms with E-state index in [0.717, 1.165) is 33.9 Å². The highest BCUT2D eigenvalue weighted by Crippen LogP contribution is 2.40. The minimum absolute atomic E-state index is 0. The number of aromatic amines is 2. The van der Waals surface area contributed by atoms with E-state index in [4.69, 9.17) is 0 Å². The number of hydrogen-bond donors (Lipinski definition) is 2. The molecular formula is C22H26N2OS. The SMILES string of the molecule is CC(=O)c1c(C)[nH]c(C(c2ccc(C)[nH]2)c2cc3ccccc3s2)c1C.[HH].[HH]. The maximum absolute atomic E-state index is 12.1. The van der Waals surface area contributed by atoms with Gasteiger partial charge in [0.2, 0.25) is 0 Å². The molecule has 4 heteroatoms. The van der Waals surface area contributed by atoms with Crippen molar-refractivity contribution < 1.29 is 7.65 Å². The van der Waals surface area contributed by atoms with Crippen molar-refractivity contribution >= 4 is 27.2 Å². The molecule has 4 aromatic rings. The van der Waals surface area contributed by atoms with Gasteiger partial charge in [-0.2, -0.15) is 0 Å². The standard InChI is InChI=1S/C22H22N2OS.2H2/c1-12-9-10-17(23-12)21(19-11-16-7-5-6-8-18(16)26-19)22-13(2)20(15(4)25)14(3)24-22;;/h5-11,21,23-24H,1-4H3;2*1H. The fourth-order valence-corrected chi connectivity index (χ4v) is 5.07. The van der Waals surface area contributed by atoms with Gasteiger partial charge in [-0.1, -0.05) is 18.2 Å². The Morgan fingerprint density at radius 2 is 1.85 bits per heavy atom. The predicted octanol–water partition coefficient (Wildman–Crippen LogP) is 6.36. The maximum atomic E-state index is 12.1. The number of aromatic nitrogens is 2. The average Bonchev–Trinajstić information content (AvgIpc) is 3.26. The van der Waals surface area contributed by atoms with Crippen molar-refractivity contribution in [2.75, 3.05) is 0 Å². The van der Waals surface area contributed by atoms with Crippen LogP contribution >= 0.6 is 11.3 Å². The number of ketones is 1. The normalized spacial score (nSPS) is 12.6. The third-order valence-electron chi connectivity index (χ3n) is 5.01. The van der Waals surface area contributed by atoms with E-state index in [1.165, 1.54) is 15.0 Å². The van der Waals surface area contributed by atoms with Crippen LogP contribution in [-0.4, -0.2) is 15.8 Å². The summed E-state index contributed by atoms with van der Waals surface area (Å²) < 4.78 is 1.28. The number of H-pyrrole nitrogens is 2. The predicted molar refractivity (Wildman–Crippen MR) is 113 cm³/mol. The summed E-state index contributed by atoms with van der Waals surface area (Å²) in [6.45, 7) is 7.74. The van der Waals surface area contributed by atoms with E-state index in [2.05, 4.69) is 59.4 Å². The van der Waals surface area contributed by atoms with E-state index in [1.807, 2.05) is 25.2 Å². The van der Waals surface area contributed by atoms with Crippen LogP contribution in [0.3, 0.4) is 0 Å². The van der Waals surface area contributed by atoms with Gasteiger partial charge in [0.1, 0.15) is 0 Å². The van der Waals surface area contributed by atoms with Crippen LogP contribution in [0, 0.1) is 20.8 Å². The number of carbonyl (C=O) groups excluding carboxylic acids is 1. The summed E-state index contributed by atoms with van der Waals surface area (Å²) in [4.78, 5) is 20.4. The van der Waals surface area contributed by atoms with E-state index < -0.39 is 0 Å². The minimum Gasteiger partial charge on any atom is -0.362 e. The van der Waals surface area contributed by atoms with Gasteiger partial charge in [-0.15, -0.1) is 11.3 Å². The van der Waals surface area contributed by atoms with Crippen LogP contribution in [0.1, 0.15) is 59.3 Å². The minimum atomic E-state index is 0. The second-order valence-electron chi connectivity index (χ2n) is 6.94. The third kappa shape index (κ3) is 2.71. The molecule has 0 fully saturated rings. The fourth-order valence-electron chi connectivity index (χ4n) is 3.88. The number of hydrogen-bond acceptors (Lipinski definition) is 2. The highest BCUT2D eigenvalue weighted by molar-refractivity contribution is 7.19. The highest BCUT2D eigenvalue weighted by Gasteiger charge is 2.26. The Morgan fingerprint density at radius 1 is 1.08 bits per heavy atom. The molecule has 0 aliphatic carbocycles. The number of Topliss-reactive ketones (excluding diaryl/α,β-unsaturated/α-hetero) is 1. The quantitative estimate of drug-likeness (QED) is 0.406. The zero-order valence-corrected chi connectivity index (χ0v) is 16.3. The van der Waals surface area contributed by atoms with Crippen molar-refractivity contribution in [2.24, 2.45) is 0 Å². The molecule has 0 bridgehead atoms. The molecule has 0 amide bonds. The molecule has 1 aromatic carbocycles. The van der Waals surface area contributed by atoms with Crippen LogP contribution in [0.5, 0.6) is 0 Å². The number of benzene rings is 1. The average molecular weight is 367 g/mol. The highest BCUT2D eigenvalue weighted by atomic mass is 32.1. The molecule has 0 spiro atoms. The molecule has 2 N–H and O–H groups in total. The zero-order chi connectivity index (χ0) is 18.4. The Bertz CT molecular complexity index is 1090. The molecule has 3 nitrogen and oxygen atoms in total. The summed E-state index contributed by atoms with van der Waals surface area (Å²) >= 11 is 1.81. The Labute approximate surface area is 160 Å². The molecule has 4 rings (SSSR count). The maximum Gasteiger partial charge on any atom is 0.161 e. The Kier molecular flexibility index (Phi) is 4.08. The van der Waals surface area contributed by atoms with Crippen molar-refractivity contribution in [3.63, 3.8) is 0 Å². The smallest absolute Gasteiger partial charge is 0.161 e. The first-order valence-electron chi connectivity index (χ1n) is 8.79. The lowest BCUT2D eigenvalue weighted by Gasteiger charge is -2.15. The second kappa shape index (κ2) is 6.29. The second-order valence-corrected chi connectivity index (χ2v) is 8.05. The molecule has 0 saturated heterocycles. The van der Waals surface area contributed by atoms with Crippen LogP contribution in [0.4, 0.5) is 0 Å². The molecule has 26 heavy (non-hydrogen) atoms. The number of aryl methyl sites for hydroxylation is 2. The molecule has 136 valence electrons. The van der Waals surface area contributed by atoms with Gasteiger partial charge in [-0.25, -0.2) is 0 Å². The first kappa shape index (κ1) is 16.9. The van der Waals surface area contributed by atoms with Gasteiger partial charge < -0.3 is 9.97 Å². The summed E-state index contributed by atoms with van der Waals surface area (Å²) in [5.74, 6) is 0.174. The van der Waals surface area contributed by atoms with Crippen LogP contribution in [0.15, 0.2) is 42.5 Å².